The molecule has 0 atom stereocenters. The summed E-state index contributed by atoms with van der Waals surface area (Å²) in [5, 5.41) is 3.27. The molecule has 1 N–H and O–H groups in total. The fourth-order valence-corrected chi connectivity index (χ4v) is 3.72. The lowest BCUT2D eigenvalue weighted by molar-refractivity contribution is 0.0920. The quantitative estimate of drug-likeness (QED) is 0.569. The Labute approximate surface area is 164 Å². The minimum Gasteiger partial charge on any atom is -0.339 e. The van der Waals surface area contributed by atoms with Gasteiger partial charge in [0.05, 0.1) is 11.1 Å². The fraction of sp³-hybridized carbons (Fsp3) is 0.167. The maximum atomic E-state index is 13.3. The van der Waals surface area contributed by atoms with Crippen LogP contribution in [0.3, 0.4) is 0 Å². The van der Waals surface area contributed by atoms with Gasteiger partial charge in [-0.25, -0.2) is 4.98 Å². The maximum absolute atomic E-state index is 13.3. The third kappa shape index (κ3) is 3.07. The summed E-state index contributed by atoms with van der Waals surface area (Å²) in [5.41, 5.74) is 4.59. The first-order valence-electron chi connectivity index (χ1n) is 9.38. The fourth-order valence-electron chi connectivity index (χ4n) is 3.72. The number of hydrogen-bond donors (Lipinski definition) is 1. The van der Waals surface area contributed by atoms with Crippen molar-refractivity contribution in [2.45, 2.75) is 26.3 Å². The lowest BCUT2D eigenvalue weighted by atomic mass is 9.84. The Hall–Kier alpha value is -3.40. The van der Waals surface area contributed by atoms with Crippen molar-refractivity contribution in [3.63, 3.8) is 0 Å². The molecule has 1 amide bonds. The van der Waals surface area contributed by atoms with Gasteiger partial charge in [-0.1, -0.05) is 60.7 Å². The molecule has 0 aliphatic carbocycles. The van der Waals surface area contributed by atoms with Crippen LogP contribution in [-0.4, -0.2) is 15.3 Å². The first-order chi connectivity index (χ1) is 13.5. The molecule has 0 radical (unpaired) electrons. The van der Waals surface area contributed by atoms with E-state index in [1.165, 1.54) is 0 Å². The number of hydrogen-bond acceptors (Lipinski definition) is 2. The molecule has 0 aliphatic rings. The molecule has 0 saturated carbocycles. The number of carbonyl (C=O) groups excluding carboxylic acids is 1. The standard InChI is InChI=1S/C24H23N3O/c1-17-16-18(2)27-15-14-21(22(27)25-17)23(28)26-24(3,19-10-6-4-7-11-19)20-12-8-5-9-13-20/h4-16H,1-3H3,(H,26,28). The molecule has 0 saturated heterocycles. The average Bonchev–Trinajstić information content (AvgIpc) is 3.13. The normalized spacial score (nSPS) is 11.5. The number of amides is 1. The van der Waals surface area contributed by atoms with Gasteiger partial charge in [0, 0.05) is 17.6 Å². The summed E-state index contributed by atoms with van der Waals surface area (Å²) < 4.78 is 1.95. The van der Waals surface area contributed by atoms with Crippen LogP contribution in [0.2, 0.25) is 0 Å². The molecular formula is C24H23N3O. The van der Waals surface area contributed by atoms with Gasteiger partial charge in [0.25, 0.3) is 5.91 Å². The number of benzene rings is 2. The van der Waals surface area contributed by atoms with E-state index in [0.717, 1.165) is 22.5 Å². The van der Waals surface area contributed by atoms with E-state index >= 15 is 0 Å². The summed E-state index contributed by atoms with van der Waals surface area (Å²) in [5.74, 6) is -0.143. The van der Waals surface area contributed by atoms with Gasteiger partial charge in [-0.3, -0.25) is 4.79 Å². The van der Waals surface area contributed by atoms with Crippen molar-refractivity contribution in [2.75, 3.05) is 0 Å². The van der Waals surface area contributed by atoms with E-state index < -0.39 is 5.54 Å². The number of fused-ring (bicyclic) bond motifs is 1. The van der Waals surface area contributed by atoms with E-state index in [9.17, 15) is 4.79 Å². The topological polar surface area (TPSA) is 46.4 Å². The third-order valence-electron chi connectivity index (χ3n) is 5.25. The van der Waals surface area contributed by atoms with E-state index in [-0.39, 0.29) is 5.91 Å². The zero-order chi connectivity index (χ0) is 19.7. The second-order valence-electron chi connectivity index (χ2n) is 7.27. The molecule has 4 heteroatoms. The molecule has 2 aromatic carbocycles. The van der Waals surface area contributed by atoms with E-state index in [1.54, 1.807) is 0 Å². The van der Waals surface area contributed by atoms with Crippen LogP contribution in [0.15, 0.2) is 79.0 Å². The third-order valence-corrected chi connectivity index (χ3v) is 5.25. The van der Waals surface area contributed by atoms with E-state index in [2.05, 4.69) is 10.3 Å². The van der Waals surface area contributed by atoms with Gasteiger partial charge in [0.2, 0.25) is 0 Å². The van der Waals surface area contributed by atoms with Crippen LogP contribution in [0.1, 0.15) is 39.8 Å². The van der Waals surface area contributed by atoms with Crippen molar-refractivity contribution in [2.24, 2.45) is 0 Å². The van der Waals surface area contributed by atoms with Crippen molar-refractivity contribution >= 4 is 11.6 Å². The molecule has 4 rings (SSSR count). The molecule has 0 spiro atoms. The second kappa shape index (κ2) is 6.97. The van der Waals surface area contributed by atoms with Crippen molar-refractivity contribution < 1.29 is 4.79 Å². The molecular weight excluding hydrogens is 346 g/mol. The predicted molar refractivity (Wildman–Crippen MR) is 111 cm³/mol. The van der Waals surface area contributed by atoms with Crippen LogP contribution in [0.5, 0.6) is 0 Å². The van der Waals surface area contributed by atoms with Crippen molar-refractivity contribution in [3.8, 4) is 0 Å². The van der Waals surface area contributed by atoms with Gasteiger partial charge in [-0.15, -0.1) is 0 Å². The predicted octanol–water partition coefficient (Wildman–Crippen LogP) is 4.64. The number of rotatable bonds is 4. The summed E-state index contributed by atoms with van der Waals surface area (Å²) in [7, 11) is 0. The molecule has 28 heavy (non-hydrogen) atoms. The van der Waals surface area contributed by atoms with Gasteiger partial charge in [-0.2, -0.15) is 0 Å². The minimum atomic E-state index is -0.660. The van der Waals surface area contributed by atoms with Crippen molar-refractivity contribution in [1.29, 1.82) is 0 Å². The van der Waals surface area contributed by atoms with Crippen LogP contribution < -0.4 is 5.32 Å². The van der Waals surface area contributed by atoms with Crippen LogP contribution in [0, 0.1) is 13.8 Å². The highest BCUT2D eigenvalue weighted by Crippen LogP contribution is 2.30. The monoisotopic (exact) mass is 369 g/mol. The first-order valence-corrected chi connectivity index (χ1v) is 9.38. The zero-order valence-corrected chi connectivity index (χ0v) is 16.3. The molecule has 0 fully saturated rings. The maximum Gasteiger partial charge on any atom is 0.256 e. The SMILES string of the molecule is Cc1cc(C)n2ccc(C(=O)NC(C)(c3ccccc3)c3ccccc3)c2n1. The molecule has 0 unspecified atom stereocenters. The van der Waals surface area contributed by atoms with E-state index in [4.69, 9.17) is 0 Å². The Morgan fingerprint density at radius 1 is 0.929 bits per heavy atom. The van der Waals surface area contributed by atoms with Crippen LogP contribution in [0.4, 0.5) is 0 Å². The summed E-state index contributed by atoms with van der Waals surface area (Å²) in [4.78, 5) is 17.9. The summed E-state index contributed by atoms with van der Waals surface area (Å²) >= 11 is 0. The number of aromatic nitrogens is 2. The number of aryl methyl sites for hydroxylation is 2. The molecule has 2 aromatic heterocycles. The Morgan fingerprint density at radius 3 is 2.07 bits per heavy atom. The number of nitrogens with one attached hydrogen (secondary N) is 1. The highest BCUT2D eigenvalue weighted by Gasteiger charge is 2.31. The Morgan fingerprint density at radius 2 is 1.50 bits per heavy atom. The lowest BCUT2D eigenvalue weighted by Gasteiger charge is -2.32. The highest BCUT2D eigenvalue weighted by atomic mass is 16.1. The summed E-state index contributed by atoms with van der Waals surface area (Å²) in [6.07, 6.45) is 1.90. The molecule has 0 bridgehead atoms. The van der Waals surface area contributed by atoms with Gasteiger partial charge < -0.3 is 9.72 Å². The van der Waals surface area contributed by atoms with Gasteiger partial charge in [0.15, 0.2) is 0 Å². The highest BCUT2D eigenvalue weighted by molar-refractivity contribution is 6.00. The lowest BCUT2D eigenvalue weighted by Crippen LogP contribution is -2.44. The van der Waals surface area contributed by atoms with E-state index in [1.807, 2.05) is 104 Å². The zero-order valence-electron chi connectivity index (χ0n) is 16.3. The number of nitrogens with zero attached hydrogens (tertiary/aromatic N) is 2. The molecule has 2 heterocycles. The summed E-state index contributed by atoms with van der Waals surface area (Å²) in [6, 6.07) is 23.9. The van der Waals surface area contributed by atoms with Crippen LogP contribution >= 0.6 is 0 Å². The van der Waals surface area contributed by atoms with Gasteiger partial charge in [0.1, 0.15) is 5.65 Å². The van der Waals surface area contributed by atoms with Crippen molar-refractivity contribution in [1.82, 2.24) is 14.7 Å². The molecule has 140 valence electrons. The molecule has 4 nitrogen and oxygen atoms in total. The Kier molecular flexibility index (Phi) is 4.47. The van der Waals surface area contributed by atoms with Crippen molar-refractivity contribution in [3.05, 3.63) is 107 Å². The second-order valence-corrected chi connectivity index (χ2v) is 7.27. The average molecular weight is 369 g/mol. The molecule has 0 aliphatic heterocycles. The smallest absolute Gasteiger partial charge is 0.256 e. The number of carbonyl (C=O) groups is 1. The Balaban J connectivity index is 1.79. The van der Waals surface area contributed by atoms with Crippen LogP contribution in [0.25, 0.3) is 5.65 Å². The summed E-state index contributed by atoms with van der Waals surface area (Å²) in [6.45, 7) is 6.00. The van der Waals surface area contributed by atoms with E-state index in [0.29, 0.717) is 11.2 Å². The largest absolute Gasteiger partial charge is 0.339 e. The van der Waals surface area contributed by atoms with Gasteiger partial charge >= 0.3 is 0 Å². The minimum absolute atomic E-state index is 0.143. The van der Waals surface area contributed by atoms with Crippen LogP contribution in [-0.2, 0) is 5.54 Å². The van der Waals surface area contributed by atoms with Gasteiger partial charge in [-0.05, 0) is 44.0 Å². The molecule has 4 aromatic rings. The Bertz CT molecular complexity index is 1090. The first kappa shape index (κ1) is 18.0.